The molecule has 1 amide bonds. The summed E-state index contributed by atoms with van der Waals surface area (Å²) in [6.45, 7) is 0.646. The lowest BCUT2D eigenvalue weighted by Crippen LogP contribution is -2.34. The molecule has 126 valence electrons. The lowest BCUT2D eigenvalue weighted by atomic mass is 10.0. The van der Waals surface area contributed by atoms with Crippen LogP contribution >= 0.6 is 11.6 Å². The molecule has 1 heterocycles. The van der Waals surface area contributed by atoms with Crippen LogP contribution in [0.25, 0.3) is 0 Å². The highest BCUT2D eigenvalue weighted by molar-refractivity contribution is 6.30. The summed E-state index contributed by atoms with van der Waals surface area (Å²) in [5.74, 6) is -0.0557. The summed E-state index contributed by atoms with van der Waals surface area (Å²) < 4.78 is 1.84. The minimum atomic E-state index is -0.278. The standard InChI is InChI=1S/C20H18ClN3O/c21-18-7-2-6-17(13-18)20(8-9-20)23-19(25)16-5-1-4-15(12-16)14-24-11-3-10-22-24/h1-7,10-13H,8-9,14H2,(H,23,25). The molecule has 0 radical (unpaired) electrons. The third-order valence-electron chi connectivity index (χ3n) is 4.57. The average molecular weight is 352 g/mol. The van der Waals surface area contributed by atoms with E-state index in [0.717, 1.165) is 24.0 Å². The van der Waals surface area contributed by atoms with Crippen LogP contribution in [0.5, 0.6) is 0 Å². The van der Waals surface area contributed by atoms with E-state index in [1.54, 1.807) is 6.20 Å². The van der Waals surface area contributed by atoms with Crippen LogP contribution in [0.2, 0.25) is 5.02 Å². The van der Waals surface area contributed by atoms with Crippen molar-refractivity contribution in [3.63, 3.8) is 0 Å². The minimum absolute atomic E-state index is 0.0557. The molecule has 5 heteroatoms. The number of nitrogens with one attached hydrogen (secondary N) is 1. The molecule has 3 aromatic rings. The topological polar surface area (TPSA) is 46.9 Å². The van der Waals surface area contributed by atoms with Gasteiger partial charge in [-0.2, -0.15) is 5.10 Å². The Kier molecular flexibility index (Phi) is 4.06. The lowest BCUT2D eigenvalue weighted by Gasteiger charge is -2.18. The molecule has 0 spiro atoms. The summed E-state index contributed by atoms with van der Waals surface area (Å²) in [6, 6.07) is 17.3. The van der Waals surface area contributed by atoms with E-state index < -0.39 is 0 Å². The van der Waals surface area contributed by atoms with Crippen LogP contribution in [0.3, 0.4) is 0 Å². The van der Waals surface area contributed by atoms with E-state index in [-0.39, 0.29) is 11.4 Å². The fourth-order valence-corrected chi connectivity index (χ4v) is 3.27. The van der Waals surface area contributed by atoms with E-state index in [4.69, 9.17) is 11.6 Å². The number of carbonyl (C=O) groups is 1. The number of halogens is 1. The smallest absolute Gasteiger partial charge is 0.251 e. The number of hydrogen-bond acceptors (Lipinski definition) is 2. The van der Waals surface area contributed by atoms with E-state index in [1.807, 2.05) is 65.5 Å². The molecule has 4 rings (SSSR count). The third-order valence-corrected chi connectivity index (χ3v) is 4.81. The average Bonchev–Trinajstić information content (AvgIpc) is 3.21. The Balaban J connectivity index is 1.51. The number of amides is 1. The Morgan fingerprint density at radius 3 is 2.72 bits per heavy atom. The Hall–Kier alpha value is -2.59. The van der Waals surface area contributed by atoms with Gasteiger partial charge in [-0.05, 0) is 54.3 Å². The lowest BCUT2D eigenvalue weighted by molar-refractivity contribution is 0.0930. The molecule has 0 atom stereocenters. The highest BCUT2D eigenvalue weighted by Gasteiger charge is 2.45. The number of carbonyl (C=O) groups excluding carboxylic acids is 1. The van der Waals surface area contributed by atoms with E-state index in [2.05, 4.69) is 10.4 Å². The summed E-state index contributed by atoms with van der Waals surface area (Å²) in [5, 5.41) is 8.09. The van der Waals surface area contributed by atoms with Gasteiger partial charge in [-0.15, -0.1) is 0 Å². The Labute approximate surface area is 151 Å². The van der Waals surface area contributed by atoms with Crippen LogP contribution in [0, 0.1) is 0 Å². The molecule has 1 aliphatic carbocycles. The van der Waals surface area contributed by atoms with Gasteiger partial charge < -0.3 is 5.32 Å². The van der Waals surface area contributed by atoms with Gasteiger partial charge in [-0.25, -0.2) is 0 Å². The molecule has 0 saturated heterocycles. The highest BCUT2D eigenvalue weighted by atomic mass is 35.5. The van der Waals surface area contributed by atoms with Gasteiger partial charge in [-0.3, -0.25) is 9.48 Å². The zero-order chi connectivity index (χ0) is 17.3. The van der Waals surface area contributed by atoms with Crippen LogP contribution in [0.4, 0.5) is 0 Å². The number of hydrogen-bond donors (Lipinski definition) is 1. The number of nitrogens with zero attached hydrogens (tertiary/aromatic N) is 2. The zero-order valence-electron chi connectivity index (χ0n) is 13.7. The van der Waals surface area contributed by atoms with E-state index in [1.165, 1.54) is 0 Å². The van der Waals surface area contributed by atoms with Gasteiger partial charge in [0.05, 0.1) is 12.1 Å². The second kappa shape index (κ2) is 6.37. The third kappa shape index (κ3) is 3.44. The maximum absolute atomic E-state index is 12.7. The van der Waals surface area contributed by atoms with Gasteiger partial charge in [0.1, 0.15) is 0 Å². The molecule has 0 bridgehead atoms. The quantitative estimate of drug-likeness (QED) is 0.755. The van der Waals surface area contributed by atoms with E-state index in [0.29, 0.717) is 17.1 Å². The second-order valence-electron chi connectivity index (χ2n) is 6.45. The molecule has 0 unspecified atom stereocenters. The van der Waals surface area contributed by atoms with Crippen molar-refractivity contribution in [3.05, 3.63) is 88.7 Å². The van der Waals surface area contributed by atoms with Crippen molar-refractivity contribution in [2.24, 2.45) is 0 Å². The van der Waals surface area contributed by atoms with Gasteiger partial charge in [0.2, 0.25) is 0 Å². The predicted molar refractivity (Wildman–Crippen MR) is 97.6 cm³/mol. The van der Waals surface area contributed by atoms with Crippen molar-refractivity contribution in [3.8, 4) is 0 Å². The van der Waals surface area contributed by atoms with Crippen molar-refractivity contribution in [1.82, 2.24) is 15.1 Å². The number of rotatable bonds is 5. The second-order valence-corrected chi connectivity index (χ2v) is 6.89. The van der Waals surface area contributed by atoms with E-state index >= 15 is 0 Å². The van der Waals surface area contributed by atoms with Gasteiger partial charge in [-0.1, -0.05) is 35.9 Å². The first-order chi connectivity index (χ1) is 12.1. The molecular formula is C20H18ClN3O. The molecule has 1 N–H and O–H groups in total. The molecular weight excluding hydrogens is 334 g/mol. The first kappa shape index (κ1) is 15.9. The Bertz CT molecular complexity index is 901. The van der Waals surface area contributed by atoms with Crippen molar-refractivity contribution >= 4 is 17.5 Å². The fraction of sp³-hybridized carbons (Fsp3) is 0.200. The molecule has 1 aliphatic rings. The van der Waals surface area contributed by atoms with Crippen LogP contribution in [-0.4, -0.2) is 15.7 Å². The SMILES string of the molecule is O=C(NC1(c2cccc(Cl)c2)CC1)c1cccc(Cn2cccn2)c1. The van der Waals surface area contributed by atoms with Crippen LogP contribution in [0.1, 0.15) is 34.3 Å². The maximum Gasteiger partial charge on any atom is 0.251 e. The molecule has 4 nitrogen and oxygen atoms in total. The van der Waals surface area contributed by atoms with Crippen molar-refractivity contribution in [1.29, 1.82) is 0 Å². The predicted octanol–water partition coefficient (Wildman–Crippen LogP) is 4.00. The Morgan fingerprint density at radius 1 is 1.16 bits per heavy atom. The number of aromatic nitrogens is 2. The normalized spacial score (nSPS) is 14.9. The number of benzene rings is 2. The molecule has 1 saturated carbocycles. The maximum atomic E-state index is 12.7. The van der Waals surface area contributed by atoms with Crippen LogP contribution < -0.4 is 5.32 Å². The van der Waals surface area contributed by atoms with Gasteiger partial charge in [0.15, 0.2) is 0 Å². The van der Waals surface area contributed by atoms with Crippen molar-refractivity contribution < 1.29 is 4.79 Å². The molecule has 2 aromatic carbocycles. The largest absolute Gasteiger partial charge is 0.343 e. The first-order valence-electron chi connectivity index (χ1n) is 8.30. The van der Waals surface area contributed by atoms with Gasteiger partial charge in [0.25, 0.3) is 5.91 Å². The van der Waals surface area contributed by atoms with Gasteiger partial charge >= 0.3 is 0 Å². The first-order valence-corrected chi connectivity index (χ1v) is 8.67. The van der Waals surface area contributed by atoms with Crippen molar-refractivity contribution in [2.45, 2.75) is 24.9 Å². The molecule has 1 aromatic heterocycles. The highest BCUT2D eigenvalue weighted by Crippen LogP contribution is 2.46. The van der Waals surface area contributed by atoms with Gasteiger partial charge in [0, 0.05) is 23.0 Å². The van der Waals surface area contributed by atoms with Crippen LogP contribution in [0.15, 0.2) is 67.0 Å². The summed E-state index contributed by atoms with van der Waals surface area (Å²) in [4.78, 5) is 12.7. The molecule has 0 aliphatic heterocycles. The Morgan fingerprint density at radius 2 is 2.00 bits per heavy atom. The summed E-state index contributed by atoms with van der Waals surface area (Å²) in [5.41, 5.74) is 2.50. The molecule has 1 fully saturated rings. The zero-order valence-corrected chi connectivity index (χ0v) is 14.4. The van der Waals surface area contributed by atoms with Crippen LogP contribution in [-0.2, 0) is 12.1 Å². The van der Waals surface area contributed by atoms with Crippen molar-refractivity contribution in [2.75, 3.05) is 0 Å². The fourth-order valence-electron chi connectivity index (χ4n) is 3.08. The minimum Gasteiger partial charge on any atom is -0.343 e. The summed E-state index contributed by atoms with van der Waals surface area (Å²) >= 11 is 6.10. The monoisotopic (exact) mass is 351 g/mol. The summed E-state index contributed by atoms with van der Waals surface area (Å²) in [7, 11) is 0. The molecule has 25 heavy (non-hydrogen) atoms. The summed E-state index contributed by atoms with van der Waals surface area (Å²) in [6.07, 6.45) is 5.53. The van der Waals surface area contributed by atoms with E-state index in [9.17, 15) is 4.79 Å².